The molecule has 2 nitrogen and oxygen atoms in total. The van der Waals surface area contributed by atoms with Gasteiger partial charge in [0.25, 0.3) is 0 Å². The Morgan fingerprint density at radius 2 is 2.13 bits per heavy atom. The third kappa shape index (κ3) is 3.83. The van der Waals surface area contributed by atoms with E-state index in [2.05, 4.69) is 4.74 Å². The molecule has 0 spiro atoms. The van der Waals surface area contributed by atoms with Crippen molar-refractivity contribution in [3.63, 3.8) is 0 Å². The molecule has 1 aromatic rings. The summed E-state index contributed by atoms with van der Waals surface area (Å²) in [6, 6.07) is 6.43. The summed E-state index contributed by atoms with van der Waals surface area (Å²) in [5.74, 6) is 0.161. The Kier molecular flexibility index (Phi) is 4.49. The van der Waals surface area contributed by atoms with Gasteiger partial charge in [-0.2, -0.15) is 8.78 Å². The van der Waals surface area contributed by atoms with Gasteiger partial charge in [0.2, 0.25) is 0 Å². The standard InChI is InChI=1S/C11H15F2NO/c1-2-4-10(14)8-5-3-6-9(7-8)15-11(12)13/h3,5-7,10-11H,2,4,14H2,1H3. The van der Waals surface area contributed by atoms with Gasteiger partial charge >= 0.3 is 6.61 Å². The number of alkyl halides is 2. The van der Waals surface area contributed by atoms with E-state index < -0.39 is 6.61 Å². The number of nitrogens with two attached hydrogens (primary N) is 1. The Hall–Kier alpha value is -1.16. The van der Waals surface area contributed by atoms with Crippen LogP contribution < -0.4 is 10.5 Å². The molecule has 0 aliphatic rings. The molecule has 2 N–H and O–H groups in total. The molecule has 0 aromatic heterocycles. The maximum Gasteiger partial charge on any atom is 0.387 e. The Balaban J connectivity index is 2.73. The van der Waals surface area contributed by atoms with Gasteiger partial charge in [-0.3, -0.25) is 0 Å². The van der Waals surface area contributed by atoms with Crippen LogP contribution in [0.2, 0.25) is 0 Å². The van der Waals surface area contributed by atoms with Crippen molar-refractivity contribution in [1.82, 2.24) is 0 Å². The number of rotatable bonds is 5. The van der Waals surface area contributed by atoms with Crippen molar-refractivity contribution in [2.24, 2.45) is 5.73 Å². The summed E-state index contributed by atoms with van der Waals surface area (Å²) in [6.07, 6.45) is 1.79. The maximum atomic E-state index is 11.9. The summed E-state index contributed by atoms with van der Waals surface area (Å²) in [7, 11) is 0. The quantitative estimate of drug-likeness (QED) is 0.819. The number of hydrogen-bond acceptors (Lipinski definition) is 2. The third-order valence-corrected chi connectivity index (χ3v) is 2.11. The molecule has 0 radical (unpaired) electrons. The van der Waals surface area contributed by atoms with E-state index in [4.69, 9.17) is 5.73 Å². The topological polar surface area (TPSA) is 35.2 Å². The van der Waals surface area contributed by atoms with Crippen LogP contribution in [-0.2, 0) is 0 Å². The van der Waals surface area contributed by atoms with Crippen LogP contribution in [0.1, 0.15) is 31.4 Å². The highest BCUT2D eigenvalue weighted by Gasteiger charge is 2.08. The van der Waals surface area contributed by atoms with Crippen molar-refractivity contribution in [2.75, 3.05) is 0 Å². The van der Waals surface area contributed by atoms with Gasteiger partial charge in [-0.05, 0) is 24.1 Å². The lowest BCUT2D eigenvalue weighted by atomic mass is 10.0. The lowest BCUT2D eigenvalue weighted by Gasteiger charge is -2.12. The Bertz CT molecular complexity index is 304. The van der Waals surface area contributed by atoms with Gasteiger partial charge in [0.05, 0.1) is 0 Å². The first-order valence-corrected chi connectivity index (χ1v) is 4.93. The molecule has 0 saturated heterocycles. The van der Waals surface area contributed by atoms with Crippen LogP contribution in [0.4, 0.5) is 8.78 Å². The van der Waals surface area contributed by atoms with Crippen LogP contribution in [0.15, 0.2) is 24.3 Å². The molecular weight excluding hydrogens is 200 g/mol. The summed E-state index contributed by atoms with van der Waals surface area (Å²) in [5.41, 5.74) is 6.69. The second-order valence-electron chi connectivity index (χ2n) is 3.35. The lowest BCUT2D eigenvalue weighted by Crippen LogP contribution is -2.10. The highest BCUT2D eigenvalue weighted by atomic mass is 19.3. The summed E-state index contributed by atoms with van der Waals surface area (Å²) in [4.78, 5) is 0. The van der Waals surface area contributed by atoms with Crippen LogP contribution in [0.5, 0.6) is 5.75 Å². The normalized spacial score (nSPS) is 12.9. The summed E-state index contributed by atoms with van der Waals surface area (Å²) in [5, 5.41) is 0. The van der Waals surface area contributed by atoms with Crippen molar-refractivity contribution in [2.45, 2.75) is 32.4 Å². The molecule has 0 aliphatic heterocycles. The molecule has 1 unspecified atom stereocenters. The molecule has 0 fully saturated rings. The van der Waals surface area contributed by atoms with E-state index in [0.717, 1.165) is 18.4 Å². The lowest BCUT2D eigenvalue weighted by molar-refractivity contribution is -0.0499. The second-order valence-corrected chi connectivity index (χ2v) is 3.35. The molecule has 0 bridgehead atoms. The smallest absolute Gasteiger partial charge is 0.387 e. The van der Waals surface area contributed by atoms with Gasteiger partial charge in [-0.25, -0.2) is 0 Å². The Labute approximate surface area is 88.0 Å². The fourth-order valence-electron chi connectivity index (χ4n) is 1.40. The van der Waals surface area contributed by atoms with Gasteiger partial charge in [0.1, 0.15) is 5.75 Å². The highest BCUT2D eigenvalue weighted by molar-refractivity contribution is 5.30. The average Bonchev–Trinajstić information content (AvgIpc) is 2.17. The second kappa shape index (κ2) is 5.66. The van der Waals surface area contributed by atoms with Crippen molar-refractivity contribution < 1.29 is 13.5 Å². The molecule has 1 atom stereocenters. The molecule has 0 aliphatic carbocycles. The van der Waals surface area contributed by atoms with Crippen LogP contribution in [0.25, 0.3) is 0 Å². The van der Waals surface area contributed by atoms with Crippen molar-refractivity contribution in [3.8, 4) is 5.75 Å². The molecule has 0 amide bonds. The predicted molar refractivity (Wildman–Crippen MR) is 54.9 cm³/mol. The number of ether oxygens (including phenoxy) is 1. The van der Waals surface area contributed by atoms with Crippen LogP contribution in [0, 0.1) is 0 Å². The molecule has 84 valence electrons. The first-order chi connectivity index (χ1) is 7.13. The molecule has 0 saturated carbocycles. The van der Waals surface area contributed by atoms with Gasteiger partial charge in [-0.1, -0.05) is 25.5 Å². The first kappa shape index (κ1) is 11.9. The van der Waals surface area contributed by atoms with E-state index in [0.29, 0.717) is 0 Å². The van der Waals surface area contributed by atoms with E-state index in [-0.39, 0.29) is 11.8 Å². The number of halogens is 2. The van der Waals surface area contributed by atoms with Gasteiger partial charge in [-0.15, -0.1) is 0 Å². The van der Waals surface area contributed by atoms with E-state index in [1.807, 2.05) is 13.0 Å². The Morgan fingerprint density at radius 1 is 1.40 bits per heavy atom. The van der Waals surface area contributed by atoms with Gasteiger partial charge in [0, 0.05) is 6.04 Å². The van der Waals surface area contributed by atoms with Crippen LogP contribution >= 0.6 is 0 Å². The zero-order valence-electron chi connectivity index (χ0n) is 8.62. The van der Waals surface area contributed by atoms with Gasteiger partial charge < -0.3 is 10.5 Å². The zero-order chi connectivity index (χ0) is 11.3. The minimum Gasteiger partial charge on any atom is -0.435 e. The van der Waals surface area contributed by atoms with Crippen LogP contribution in [0.3, 0.4) is 0 Å². The van der Waals surface area contributed by atoms with E-state index in [1.165, 1.54) is 6.07 Å². The monoisotopic (exact) mass is 215 g/mol. The molecule has 1 rings (SSSR count). The first-order valence-electron chi connectivity index (χ1n) is 4.93. The molecule has 15 heavy (non-hydrogen) atoms. The SMILES string of the molecule is CCCC(N)c1cccc(OC(F)F)c1. The van der Waals surface area contributed by atoms with Crippen molar-refractivity contribution >= 4 is 0 Å². The zero-order valence-corrected chi connectivity index (χ0v) is 8.62. The van der Waals surface area contributed by atoms with E-state index in [1.54, 1.807) is 12.1 Å². The average molecular weight is 215 g/mol. The summed E-state index contributed by atoms with van der Waals surface area (Å²) < 4.78 is 28.2. The van der Waals surface area contributed by atoms with Crippen molar-refractivity contribution in [3.05, 3.63) is 29.8 Å². The third-order valence-electron chi connectivity index (χ3n) is 2.11. The number of benzene rings is 1. The van der Waals surface area contributed by atoms with Crippen molar-refractivity contribution in [1.29, 1.82) is 0 Å². The summed E-state index contributed by atoms with van der Waals surface area (Å²) >= 11 is 0. The molecule has 4 heteroatoms. The van der Waals surface area contributed by atoms with E-state index >= 15 is 0 Å². The molecule has 1 aromatic carbocycles. The predicted octanol–water partition coefficient (Wildman–Crippen LogP) is 3.09. The number of hydrogen-bond donors (Lipinski definition) is 1. The van der Waals surface area contributed by atoms with Crippen LogP contribution in [-0.4, -0.2) is 6.61 Å². The fraction of sp³-hybridized carbons (Fsp3) is 0.455. The Morgan fingerprint density at radius 3 is 2.73 bits per heavy atom. The minimum atomic E-state index is -2.79. The highest BCUT2D eigenvalue weighted by Crippen LogP contribution is 2.21. The van der Waals surface area contributed by atoms with Gasteiger partial charge in [0.15, 0.2) is 0 Å². The largest absolute Gasteiger partial charge is 0.435 e. The maximum absolute atomic E-state index is 11.9. The minimum absolute atomic E-state index is 0.115. The molecule has 0 heterocycles. The fourth-order valence-corrected chi connectivity index (χ4v) is 1.40. The van der Waals surface area contributed by atoms with E-state index in [9.17, 15) is 8.78 Å². The summed E-state index contributed by atoms with van der Waals surface area (Å²) in [6.45, 7) is -0.762. The molecular formula is C11H15F2NO.